The topological polar surface area (TPSA) is 0 Å². The van der Waals surface area contributed by atoms with Gasteiger partial charge in [-0.2, -0.15) is 35.4 Å². The predicted octanol–water partition coefficient (Wildman–Crippen LogP) is 4.40. The fraction of sp³-hybridized carbons (Fsp3) is 0.175. The summed E-state index contributed by atoms with van der Waals surface area (Å²) in [6, 6.07) is 26.8. The van der Waals surface area contributed by atoms with Crippen LogP contribution in [0.25, 0.3) is 23.3 Å². The van der Waals surface area contributed by atoms with Crippen LogP contribution in [0.15, 0.2) is 110 Å². The third-order valence-corrected chi connectivity index (χ3v) is 8.79. The molecule has 6 rings (SSSR count). The molecule has 1 unspecified atom stereocenters. The zero-order chi connectivity index (χ0) is 31.1. The van der Waals surface area contributed by atoms with Gasteiger partial charge in [0.25, 0.3) is 0 Å². The van der Waals surface area contributed by atoms with Gasteiger partial charge in [0.05, 0.1) is 0 Å². The van der Waals surface area contributed by atoms with E-state index in [1.807, 2.05) is 18.2 Å². The van der Waals surface area contributed by atoms with Crippen LogP contribution in [0.2, 0.25) is 0 Å². The fourth-order valence-electron chi connectivity index (χ4n) is 4.82. The second kappa shape index (κ2) is 17.1. The number of rotatable bonds is 4. The van der Waals surface area contributed by atoms with Crippen LogP contribution in [0, 0.1) is 35.1 Å². The molecular formula is C40H36Cl2F2Zr-2. The van der Waals surface area contributed by atoms with Gasteiger partial charge >= 0.3 is 108 Å². The van der Waals surface area contributed by atoms with Gasteiger partial charge in [-0.1, -0.05) is 81.0 Å². The van der Waals surface area contributed by atoms with E-state index in [1.165, 1.54) is 81.9 Å². The standard InChI is InChI=1S/C17H13.C13H8F2.C10H15.2ClH.Zr/c1-3-12-5-7-14-11-15-8-6-13(4-2)10-17(15)16(14)9-12;14-12-5-1-10(2-6-12)9-11-3-7-13(15)8-4-11;1-8-5-6-9(7-8)10(2,3)4;;;/h3-7,9-10H,1-2,11H2;1-8H;6-8H,1-4H3;2*1H;/q-1;;-1;;;+2/p-2. The van der Waals surface area contributed by atoms with Crippen LogP contribution in [0.1, 0.15) is 61.1 Å². The maximum absolute atomic E-state index is 12.8. The molecule has 0 heterocycles. The first kappa shape index (κ1) is 38.2. The van der Waals surface area contributed by atoms with E-state index in [1.54, 1.807) is 24.3 Å². The molecule has 0 amide bonds. The van der Waals surface area contributed by atoms with Crippen LogP contribution in [0.4, 0.5) is 8.78 Å². The first-order valence-electron chi connectivity index (χ1n) is 14.3. The van der Waals surface area contributed by atoms with E-state index in [4.69, 9.17) is 0 Å². The quantitative estimate of drug-likeness (QED) is 0.242. The van der Waals surface area contributed by atoms with Gasteiger partial charge in [0.1, 0.15) is 0 Å². The van der Waals surface area contributed by atoms with Crippen molar-refractivity contribution in [1.82, 2.24) is 0 Å². The number of halogens is 4. The monoisotopic (exact) mass is 714 g/mol. The van der Waals surface area contributed by atoms with E-state index in [0.717, 1.165) is 26.3 Å². The zero-order valence-corrected chi connectivity index (χ0v) is 30.0. The number of allylic oxidation sites excluding steroid dienone is 4. The van der Waals surface area contributed by atoms with E-state index in [2.05, 4.69) is 89.4 Å². The smallest absolute Gasteiger partial charge is 1.00 e. The van der Waals surface area contributed by atoms with Crippen molar-refractivity contribution in [1.29, 1.82) is 0 Å². The van der Waals surface area contributed by atoms with Gasteiger partial charge in [-0.05, 0) is 12.0 Å². The first-order valence-corrected chi connectivity index (χ1v) is 15.6. The maximum Gasteiger partial charge on any atom is -1.00 e. The average Bonchev–Trinajstić information content (AvgIpc) is 3.61. The summed E-state index contributed by atoms with van der Waals surface area (Å²) < 4.78 is 26.6. The van der Waals surface area contributed by atoms with Crippen molar-refractivity contribution in [3.63, 3.8) is 0 Å². The number of fused-ring (bicyclic) bond motifs is 3. The molecule has 0 aromatic heterocycles. The van der Waals surface area contributed by atoms with Gasteiger partial charge in [0.2, 0.25) is 0 Å². The minimum atomic E-state index is -0.244. The van der Waals surface area contributed by atoms with Gasteiger partial charge in [0.15, 0.2) is 0 Å². The molecule has 45 heavy (non-hydrogen) atoms. The molecule has 0 spiro atoms. The normalized spacial score (nSPS) is 13.7. The van der Waals surface area contributed by atoms with E-state index in [9.17, 15) is 8.78 Å². The van der Waals surface area contributed by atoms with Crippen molar-refractivity contribution in [3.8, 4) is 11.1 Å². The molecule has 0 fully saturated rings. The maximum atomic E-state index is 12.8. The minimum Gasteiger partial charge on any atom is -1.00 e. The molecule has 1 atom stereocenters. The Morgan fingerprint density at radius 3 is 1.80 bits per heavy atom. The molecule has 0 aliphatic heterocycles. The Morgan fingerprint density at radius 1 is 0.822 bits per heavy atom. The molecule has 0 saturated heterocycles. The van der Waals surface area contributed by atoms with Crippen LogP contribution in [-0.2, 0) is 30.7 Å². The number of hydrogen-bond donors (Lipinski definition) is 0. The molecule has 4 aromatic rings. The number of hydrogen-bond acceptors (Lipinski definition) is 0. The first-order chi connectivity index (χ1) is 20.5. The minimum absolute atomic E-state index is 0. The van der Waals surface area contributed by atoms with Gasteiger partial charge in [0, 0.05) is 0 Å². The Hall–Kier alpha value is -2.97. The third kappa shape index (κ3) is 10.3. The Kier molecular flexibility index (Phi) is 14.5. The Labute approximate surface area is 294 Å². The van der Waals surface area contributed by atoms with Gasteiger partial charge in [-0.15, -0.1) is 23.8 Å². The molecule has 230 valence electrons. The van der Waals surface area contributed by atoms with Crippen molar-refractivity contribution in [2.75, 3.05) is 0 Å². The van der Waals surface area contributed by atoms with Crippen molar-refractivity contribution in [2.24, 2.45) is 11.3 Å². The van der Waals surface area contributed by atoms with Crippen molar-refractivity contribution in [2.45, 2.75) is 34.1 Å². The van der Waals surface area contributed by atoms with Gasteiger partial charge in [-0.25, -0.2) is 6.08 Å². The zero-order valence-electron chi connectivity index (χ0n) is 26.0. The SMILES string of the molecule is C=Cc1c[c-]c2c(c1)-c1cc(C=C)ccc1C2.CC1[C-]=CC(C(C)(C)C)=C1.Fc1ccc([C](=[Zr+2])c2ccc(F)cc2)cc1.[Cl-].[Cl-]. The van der Waals surface area contributed by atoms with E-state index in [0.29, 0.717) is 11.3 Å². The summed E-state index contributed by atoms with van der Waals surface area (Å²) in [6.45, 7) is 16.5. The molecule has 0 nitrogen and oxygen atoms in total. The largest absolute Gasteiger partial charge is 1.00 e. The van der Waals surface area contributed by atoms with E-state index >= 15 is 0 Å². The fourth-order valence-corrected chi connectivity index (χ4v) is 5.64. The Balaban J connectivity index is 0.000000238. The summed E-state index contributed by atoms with van der Waals surface area (Å²) in [5.74, 6) is 0.0344. The molecule has 2 aliphatic rings. The molecule has 0 saturated carbocycles. The van der Waals surface area contributed by atoms with Crippen molar-refractivity contribution >= 4 is 15.4 Å². The summed E-state index contributed by atoms with van der Waals surface area (Å²) in [6.07, 6.45) is 12.4. The van der Waals surface area contributed by atoms with Crippen LogP contribution in [0.5, 0.6) is 0 Å². The number of benzene rings is 4. The summed E-state index contributed by atoms with van der Waals surface area (Å²) >= 11 is 1.22. The second-order valence-corrected chi connectivity index (χ2v) is 12.9. The van der Waals surface area contributed by atoms with Crippen LogP contribution < -0.4 is 24.8 Å². The summed E-state index contributed by atoms with van der Waals surface area (Å²) in [5, 5.41) is 0. The van der Waals surface area contributed by atoms with Gasteiger partial charge < -0.3 is 24.8 Å². The molecule has 2 aliphatic carbocycles. The average molecular weight is 717 g/mol. The molecular weight excluding hydrogens is 681 g/mol. The summed E-state index contributed by atoms with van der Waals surface area (Å²) in [5.41, 5.74) is 11.2. The summed E-state index contributed by atoms with van der Waals surface area (Å²) in [4.78, 5) is 0. The predicted molar refractivity (Wildman–Crippen MR) is 174 cm³/mol. The Morgan fingerprint density at radius 2 is 1.36 bits per heavy atom. The van der Waals surface area contributed by atoms with Crippen molar-refractivity contribution in [3.05, 3.63) is 167 Å². The molecule has 0 N–H and O–H groups in total. The van der Waals surface area contributed by atoms with E-state index in [-0.39, 0.29) is 36.4 Å². The van der Waals surface area contributed by atoms with Gasteiger partial charge in [-0.3, -0.25) is 6.08 Å². The second-order valence-electron chi connectivity index (χ2n) is 11.7. The molecule has 4 aromatic carbocycles. The van der Waals surface area contributed by atoms with E-state index < -0.39 is 0 Å². The van der Waals surface area contributed by atoms with Crippen LogP contribution >= 0.6 is 0 Å². The molecule has 0 radical (unpaired) electrons. The Bertz CT molecular complexity index is 1590. The third-order valence-electron chi connectivity index (χ3n) is 7.38. The summed E-state index contributed by atoms with van der Waals surface area (Å²) in [7, 11) is 0. The molecule has 0 bridgehead atoms. The molecule has 5 heteroatoms. The van der Waals surface area contributed by atoms with Crippen molar-refractivity contribution < 1.29 is 57.8 Å². The van der Waals surface area contributed by atoms with Crippen LogP contribution in [-0.4, -0.2) is 3.21 Å². The van der Waals surface area contributed by atoms with Crippen LogP contribution in [0.3, 0.4) is 0 Å².